The van der Waals surface area contributed by atoms with Crippen LogP contribution in [0.3, 0.4) is 0 Å². The molecule has 1 aromatic heterocycles. The largest absolute Gasteiger partial charge is 0.469 e. The van der Waals surface area contributed by atoms with Crippen molar-refractivity contribution in [3.05, 3.63) is 29.6 Å². The molecule has 0 aliphatic carbocycles. The number of methoxy groups -OCH3 is 2. The molecule has 0 saturated carbocycles. The molecule has 0 radical (unpaired) electrons. The van der Waals surface area contributed by atoms with E-state index in [2.05, 4.69) is 14.6 Å². The van der Waals surface area contributed by atoms with Crippen LogP contribution in [-0.2, 0) is 20.8 Å². The molecular formula is C15H20N2O4. The summed E-state index contributed by atoms with van der Waals surface area (Å²) in [7, 11) is 2.77. The van der Waals surface area contributed by atoms with Crippen LogP contribution in [0.4, 0.5) is 0 Å². The zero-order chi connectivity index (χ0) is 15.2. The van der Waals surface area contributed by atoms with Crippen molar-refractivity contribution in [3.8, 4) is 0 Å². The van der Waals surface area contributed by atoms with Crippen LogP contribution in [0.5, 0.6) is 0 Å². The van der Waals surface area contributed by atoms with Gasteiger partial charge in [0.1, 0.15) is 0 Å². The van der Waals surface area contributed by atoms with Crippen LogP contribution in [0.1, 0.15) is 28.9 Å². The maximum Gasteiger partial charge on any atom is 0.339 e. The summed E-state index contributed by atoms with van der Waals surface area (Å²) < 4.78 is 9.45. The predicted molar refractivity (Wildman–Crippen MR) is 75.6 cm³/mol. The van der Waals surface area contributed by atoms with Crippen molar-refractivity contribution >= 4 is 11.9 Å². The number of ether oxygens (including phenoxy) is 2. The van der Waals surface area contributed by atoms with Gasteiger partial charge in [0.05, 0.1) is 31.4 Å². The first-order valence-corrected chi connectivity index (χ1v) is 6.97. The first-order chi connectivity index (χ1) is 10.1. The molecule has 1 unspecified atom stereocenters. The van der Waals surface area contributed by atoms with E-state index in [1.807, 2.05) is 6.07 Å². The fraction of sp³-hybridized carbons (Fsp3) is 0.533. The van der Waals surface area contributed by atoms with Crippen molar-refractivity contribution in [1.29, 1.82) is 0 Å². The topological polar surface area (TPSA) is 68.7 Å². The number of pyridine rings is 1. The van der Waals surface area contributed by atoms with Gasteiger partial charge < -0.3 is 9.47 Å². The van der Waals surface area contributed by atoms with Gasteiger partial charge in [-0.3, -0.25) is 14.7 Å². The predicted octanol–water partition coefficient (Wildman–Crippen LogP) is 1.25. The van der Waals surface area contributed by atoms with Crippen molar-refractivity contribution in [1.82, 2.24) is 9.88 Å². The van der Waals surface area contributed by atoms with Crippen LogP contribution in [0.15, 0.2) is 18.3 Å². The van der Waals surface area contributed by atoms with Crippen LogP contribution < -0.4 is 0 Å². The molecule has 0 bridgehead atoms. The smallest absolute Gasteiger partial charge is 0.339 e. The Hall–Kier alpha value is -1.95. The number of likely N-dealkylation sites (tertiary alicyclic amines) is 1. The molecule has 0 spiro atoms. The summed E-state index contributed by atoms with van der Waals surface area (Å²) in [5.74, 6) is -0.593. The van der Waals surface area contributed by atoms with Crippen molar-refractivity contribution in [3.63, 3.8) is 0 Å². The minimum Gasteiger partial charge on any atom is -0.469 e. The number of nitrogens with zero attached hydrogens (tertiary/aromatic N) is 2. The molecule has 6 heteroatoms. The Morgan fingerprint density at radius 1 is 1.33 bits per heavy atom. The summed E-state index contributed by atoms with van der Waals surface area (Å²) in [6, 6.07) is 3.52. The molecule has 114 valence electrons. The lowest BCUT2D eigenvalue weighted by molar-refractivity contribution is -0.147. The molecule has 1 aliphatic heterocycles. The molecule has 6 nitrogen and oxygen atoms in total. The van der Waals surface area contributed by atoms with Crippen molar-refractivity contribution < 1.29 is 19.1 Å². The summed E-state index contributed by atoms with van der Waals surface area (Å²) >= 11 is 0. The maximum absolute atomic E-state index is 11.6. The van der Waals surface area contributed by atoms with Gasteiger partial charge in [0.15, 0.2) is 0 Å². The summed E-state index contributed by atoms with van der Waals surface area (Å²) in [5, 5.41) is 0. The zero-order valence-corrected chi connectivity index (χ0v) is 12.4. The number of aromatic nitrogens is 1. The van der Waals surface area contributed by atoms with E-state index in [0.29, 0.717) is 18.7 Å². The number of hydrogen-bond acceptors (Lipinski definition) is 6. The molecule has 21 heavy (non-hydrogen) atoms. The Kier molecular flexibility index (Phi) is 5.27. The Morgan fingerprint density at radius 2 is 2.14 bits per heavy atom. The van der Waals surface area contributed by atoms with E-state index in [1.54, 1.807) is 6.07 Å². The average Bonchev–Trinajstić information content (AvgIpc) is 2.54. The summed E-state index contributed by atoms with van der Waals surface area (Å²) in [6.45, 7) is 2.29. The van der Waals surface area contributed by atoms with Crippen molar-refractivity contribution in [2.75, 3.05) is 27.3 Å². The second-order valence-electron chi connectivity index (χ2n) is 5.13. The summed E-state index contributed by atoms with van der Waals surface area (Å²) in [6.07, 6.45) is 3.36. The molecule has 1 aromatic rings. The maximum atomic E-state index is 11.6. The first-order valence-electron chi connectivity index (χ1n) is 6.97. The van der Waals surface area contributed by atoms with Gasteiger partial charge in [-0.25, -0.2) is 4.79 Å². The highest BCUT2D eigenvalue weighted by Gasteiger charge is 2.26. The quantitative estimate of drug-likeness (QED) is 0.778. The van der Waals surface area contributed by atoms with Crippen molar-refractivity contribution in [2.24, 2.45) is 5.92 Å². The highest BCUT2D eigenvalue weighted by Crippen LogP contribution is 2.19. The monoisotopic (exact) mass is 292 g/mol. The summed E-state index contributed by atoms with van der Waals surface area (Å²) in [5.41, 5.74) is 1.31. The standard InChI is InChI=1S/C15H20N2O4/c1-20-14(18)11-5-6-13(16-8-11)10-17-7-3-4-12(9-17)15(19)21-2/h5-6,8,12H,3-4,7,9-10H2,1-2H3. The molecule has 0 N–H and O–H groups in total. The molecule has 1 aliphatic rings. The second-order valence-corrected chi connectivity index (χ2v) is 5.13. The molecule has 0 amide bonds. The SMILES string of the molecule is COC(=O)c1ccc(CN2CCCC(C(=O)OC)C2)nc1. The van der Waals surface area contributed by atoms with E-state index in [0.717, 1.165) is 25.1 Å². The number of esters is 2. The van der Waals surface area contributed by atoms with E-state index in [9.17, 15) is 9.59 Å². The van der Waals surface area contributed by atoms with E-state index in [4.69, 9.17) is 4.74 Å². The van der Waals surface area contributed by atoms with Gasteiger partial charge in [0, 0.05) is 19.3 Å². The van der Waals surface area contributed by atoms with Gasteiger partial charge in [0.25, 0.3) is 0 Å². The molecule has 0 aromatic carbocycles. The lowest BCUT2D eigenvalue weighted by atomic mass is 9.98. The third kappa shape index (κ3) is 4.01. The van der Waals surface area contributed by atoms with Gasteiger partial charge in [-0.05, 0) is 31.5 Å². The lowest BCUT2D eigenvalue weighted by Gasteiger charge is -2.30. The van der Waals surface area contributed by atoms with Gasteiger partial charge in [-0.15, -0.1) is 0 Å². The van der Waals surface area contributed by atoms with Gasteiger partial charge in [-0.2, -0.15) is 0 Å². The zero-order valence-electron chi connectivity index (χ0n) is 12.4. The molecule has 2 rings (SSSR count). The molecule has 2 heterocycles. The number of piperidine rings is 1. The van der Waals surface area contributed by atoms with E-state index in [-0.39, 0.29) is 11.9 Å². The average molecular weight is 292 g/mol. The number of carbonyl (C=O) groups excluding carboxylic acids is 2. The molecule has 1 fully saturated rings. The Morgan fingerprint density at radius 3 is 2.76 bits per heavy atom. The van der Waals surface area contributed by atoms with Crippen LogP contribution >= 0.6 is 0 Å². The normalized spacial score (nSPS) is 19.0. The minimum atomic E-state index is -0.391. The highest BCUT2D eigenvalue weighted by atomic mass is 16.5. The molecular weight excluding hydrogens is 272 g/mol. The van der Waals surface area contributed by atoms with Crippen LogP contribution in [0.25, 0.3) is 0 Å². The molecule has 1 atom stereocenters. The van der Waals surface area contributed by atoms with E-state index in [1.165, 1.54) is 20.4 Å². The number of carbonyl (C=O) groups is 2. The minimum absolute atomic E-state index is 0.0573. The third-order valence-electron chi connectivity index (χ3n) is 3.67. The summed E-state index contributed by atoms with van der Waals surface area (Å²) in [4.78, 5) is 29.4. The van der Waals surface area contributed by atoms with Crippen LogP contribution in [0, 0.1) is 5.92 Å². The highest BCUT2D eigenvalue weighted by molar-refractivity contribution is 5.88. The van der Waals surface area contributed by atoms with Gasteiger partial charge >= 0.3 is 11.9 Å². The van der Waals surface area contributed by atoms with E-state index >= 15 is 0 Å². The second kappa shape index (κ2) is 7.17. The fourth-order valence-electron chi connectivity index (χ4n) is 2.54. The Bertz CT molecular complexity index is 501. The van der Waals surface area contributed by atoms with Gasteiger partial charge in [-0.1, -0.05) is 0 Å². The Balaban J connectivity index is 1.95. The third-order valence-corrected chi connectivity index (χ3v) is 3.67. The Labute approximate surface area is 124 Å². The van der Waals surface area contributed by atoms with Crippen LogP contribution in [0.2, 0.25) is 0 Å². The van der Waals surface area contributed by atoms with Gasteiger partial charge in [0.2, 0.25) is 0 Å². The number of hydrogen-bond donors (Lipinski definition) is 0. The molecule has 1 saturated heterocycles. The lowest BCUT2D eigenvalue weighted by Crippen LogP contribution is -2.38. The van der Waals surface area contributed by atoms with Crippen molar-refractivity contribution in [2.45, 2.75) is 19.4 Å². The van der Waals surface area contributed by atoms with E-state index < -0.39 is 5.97 Å². The number of rotatable bonds is 4. The van der Waals surface area contributed by atoms with Crippen LogP contribution in [-0.4, -0.2) is 49.1 Å². The first kappa shape index (κ1) is 15.4. The fourth-order valence-corrected chi connectivity index (χ4v) is 2.54.